The third-order valence-electron chi connectivity index (χ3n) is 3.22. The molecule has 2 N–H and O–H groups in total. The molecule has 6 nitrogen and oxygen atoms in total. The molecule has 0 aliphatic carbocycles. The Hall–Kier alpha value is -2.38. The van der Waals surface area contributed by atoms with Crippen LogP contribution in [0, 0.1) is 6.92 Å². The van der Waals surface area contributed by atoms with Gasteiger partial charge in [0.2, 0.25) is 0 Å². The zero-order valence-electron chi connectivity index (χ0n) is 13.4. The smallest absolute Gasteiger partial charge is 0.196 e. The minimum atomic E-state index is -4.26. The summed E-state index contributed by atoms with van der Waals surface area (Å²) >= 11 is 0. The second-order valence-electron chi connectivity index (χ2n) is 5.33. The molecule has 2 rings (SSSR count). The summed E-state index contributed by atoms with van der Waals surface area (Å²) < 4.78 is 32.2. The molecule has 0 aliphatic rings. The number of hydrogen-bond donors (Lipinski definition) is 2. The largest absolute Gasteiger partial charge is 0.748 e. The molecule has 0 saturated heterocycles. The van der Waals surface area contributed by atoms with E-state index in [1.165, 1.54) is 0 Å². The Morgan fingerprint density at radius 1 is 1.08 bits per heavy atom. The number of nitrogens with one attached hydrogen (secondary N) is 2. The highest BCUT2D eigenvalue weighted by atomic mass is 32.2. The highest BCUT2D eigenvalue weighted by Gasteiger charge is 2.02. The number of anilines is 1. The van der Waals surface area contributed by atoms with Crippen molar-refractivity contribution in [2.24, 2.45) is 4.99 Å². The standard InChI is InChI=1S/C17H21N3O3S/c1-14-7-9-16(10-8-14)20-17(18-11-12-24(21,22)23)19-13-15-5-3-2-4-6-15/h2-10H,11-13H2,1H3,(H2,18,19,20)(H,21,22,23)/p-1. The van der Waals surface area contributed by atoms with Crippen LogP contribution in [0.3, 0.4) is 0 Å². The van der Waals surface area contributed by atoms with E-state index < -0.39 is 15.9 Å². The Morgan fingerprint density at radius 2 is 1.75 bits per heavy atom. The number of aliphatic imine (C=N–C) groups is 1. The van der Waals surface area contributed by atoms with Gasteiger partial charge in [-0.2, -0.15) is 0 Å². The molecule has 2 aromatic carbocycles. The van der Waals surface area contributed by atoms with E-state index in [0.29, 0.717) is 12.5 Å². The van der Waals surface area contributed by atoms with Crippen LogP contribution in [0.1, 0.15) is 11.1 Å². The predicted octanol–water partition coefficient (Wildman–Crippen LogP) is 2.10. The maximum Gasteiger partial charge on any atom is 0.196 e. The van der Waals surface area contributed by atoms with E-state index in [2.05, 4.69) is 15.6 Å². The van der Waals surface area contributed by atoms with Gasteiger partial charge in [0.15, 0.2) is 5.96 Å². The molecule has 0 bridgehead atoms. The van der Waals surface area contributed by atoms with Crippen LogP contribution in [0.5, 0.6) is 0 Å². The summed E-state index contributed by atoms with van der Waals surface area (Å²) in [4.78, 5) is 4.43. The summed E-state index contributed by atoms with van der Waals surface area (Å²) in [5, 5.41) is 5.97. The van der Waals surface area contributed by atoms with E-state index in [1.54, 1.807) is 0 Å². The first-order valence-corrected chi connectivity index (χ1v) is 9.10. The maximum atomic E-state index is 10.7. The topological polar surface area (TPSA) is 93.6 Å². The number of guanidine groups is 1. The minimum Gasteiger partial charge on any atom is -0.748 e. The molecule has 0 saturated carbocycles. The lowest BCUT2D eigenvalue weighted by atomic mass is 10.2. The number of hydrogen-bond acceptors (Lipinski definition) is 4. The molecule has 0 aliphatic heterocycles. The van der Waals surface area contributed by atoms with Gasteiger partial charge in [-0.15, -0.1) is 0 Å². The first kappa shape index (κ1) is 18.0. The van der Waals surface area contributed by atoms with Crippen LogP contribution in [-0.2, 0) is 16.7 Å². The van der Waals surface area contributed by atoms with Crippen LogP contribution in [0.15, 0.2) is 59.6 Å². The molecule has 0 aromatic heterocycles. The molecule has 24 heavy (non-hydrogen) atoms. The zero-order valence-corrected chi connectivity index (χ0v) is 14.2. The van der Waals surface area contributed by atoms with E-state index >= 15 is 0 Å². The van der Waals surface area contributed by atoms with Crippen molar-refractivity contribution in [3.63, 3.8) is 0 Å². The first-order chi connectivity index (χ1) is 11.4. The molecule has 0 atom stereocenters. The lowest BCUT2D eigenvalue weighted by Crippen LogP contribution is -2.34. The number of nitrogens with zero attached hydrogens (tertiary/aromatic N) is 1. The second-order valence-corrected chi connectivity index (χ2v) is 6.85. The highest BCUT2D eigenvalue weighted by molar-refractivity contribution is 7.85. The van der Waals surface area contributed by atoms with Crippen LogP contribution < -0.4 is 10.6 Å². The molecular formula is C17H20N3O3S-. The van der Waals surface area contributed by atoms with Crippen molar-refractivity contribution < 1.29 is 13.0 Å². The first-order valence-electron chi connectivity index (χ1n) is 7.52. The molecule has 0 fully saturated rings. The highest BCUT2D eigenvalue weighted by Crippen LogP contribution is 2.09. The summed E-state index contributed by atoms with van der Waals surface area (Å²) in [5.74, 6) is -0.0706. The maximum absolute atomic E-state index is 10.7. The molecule has 0 unspecified atom stereocenters. The Balaban J connectivity index is 2.06. The Morgan fingerprint density at radius 3 is 2.38 bits per heavy atom. The molecule has 7 heteroatoms. The minimum absolute atomic E-state index is 0.00167. The van der Waals surface area contributed by atoms with Gasteiger partial charge in [-0.05, 0) is 24.6 Å². The van der Waals surface area contributed by atoms with Gasteiger partial charge in [0.05, 0.1) is 22.4 Å². The summed E-state index contributed by atoms with van der Waals surface area (Å²) in [7, 11) is -4.26. The Labute approximate surface area is 142 Å². The van der Waals surface area contributed by atoms with Crippen LogP contribution >= 0.6 is 0 Å². The van der Waals surface area contributed by atoms with Crippen molar-refractivity contribution in [2.45, 2.75) is 13.5 Å². The second kappa shape index (κ2) is 8.47. The quantitative estimate of drug-likeness (QED) is 0.475. The van der Waals surface area contributed by atoms with E-state index in [9.17, 15) is 13.0 Å². The summed E-state index contributed by atoms with van der Waals surface area (Å²) in [6.45, 7) is 2.43. The lowest BCUT2D eigenvalue weighted by molar-refractivity contribution is 0.462. The third-order valence-corrected chi connectivity index (χ3v) is 3.93. The van der Waals surface area contributed by atoms with Crippen molar-refractivity contribution in [3.8, 4) is 0 Å². The van der Waals surface area contributed by atoms with E-state index in [-0.39, 0.29) is 6.54 Å². The molecule has 0 amide bonds. The van der Waals surface area contributed by atoms with Gasteiger partial charge < -0.3 is 15.2 Å². The fourth-order valence-corrected chi connectivity index (χ4v) is 2.31. The number of rotatable bonds is 6. The molecule has 0 radical (unpaired) electrons. The SMILES string of the molecule is Cc1ccc(NC(=NCc2ccccc2)NCCS(=O)(=O)[O-])cc1. The fraction of sp³-hybridized carbons (Fsp3) is 0.235. The zero-order chi connectivity index (χ0) is 17.4. The normalized spacial score (nSPS) is 12.0. The lowest BCUT2D eigenvalue weighted by Gasteiger charge is -2.14. The Bertz CT molecular complexity index is 772. The van der Waals surface area contributed by atoms with Gasteiger partial charge in [0.25, 0.3) is 0 Å². The van der Waals surface area contributed by atoms with Crippen LogP contribution in [-0.4, -0.2) is 31.2 Å². The van der Waals surface area contributed by atoms with Gasteiger partial charge in [0, 0.05) is 12.2 Å². The fourth-order valence-electron chi connectivity index (χ4n) is 1.96. The van der Waals surface area contributed by atoms with Crippen LogP contribution in [0.25, 0.3) is 0 Å². The number of aryl methyl sites for hydroxylation is 1. The summed E-state index contributed by atoms with van der Waals surface area (Å²) in [5.41, 5.74) is 2.98. The van der Waals surface area contributed by atoms with Gasteiger partial charge in [-0.25, -0.2) is 13.4 Å². The monoisotopic (exact) mass is 346 g/mol. The predicted molar refractivity (Wildman–Crippen MR) is 94.9 cm³/mol. The Kier molecular flexibility index (Phi) is 6.34. The molecule has 0 heterocycles. The van der Waals surface area contributed by atoms with Gasteiger partial charge in [-0.3, -0.25) is 0 Å². The molecule has 2 aromatic rings. The molecule has 0 spiro atoms. The summed E-state index contributed by atoms with van der Waals surface area (Å²) in [6, 6.07) is 17.4. The average Bonchev–Trinajstić information content (AvgIpc) is 2.54. The molecule has 128 valence electrons. The van der Waals surface area contributed by atoms with Crippen molar-refractivity contribution in [1.82, 2.24) is 5.32 Å². The van der Waals surface area contributed by atoms with Crippen molar-refractivity contribution in [3.05, 3.63) is 65.7 Å². The van der Waals surface area contributed by atoms with Gasteiger partial charge in [0.1, 0.15) is 0 Å². The summed E-state index contributed by atoms with van der Waals surface area (Å²) in [6.07, 6.45) is 0. The van der Waals surface area contributed by atoms with Gasteiger partial charge >= 0.3 is 0 Å². The van der Waals surface area contributed by atoms with Crippen LogP contribution in [0.2, 0.25) is 0 Å². The van der Waals surface area contributed by atoms with E-state index in [0.717, 1.165) is 16.8 Å². The van der Waals surface area contributed by atoms with Crippen molar-refractivity contribution in [2.75, 3.05) is 17.6 Å². The van der Waals surface area contributed by atoms with Crippen molar-refractivity contribution in [1.29, 1.82) is 0 Å². The van der Waals surface area contributed by atoms with E-state index in [1.807, 2.05) is 61.5 Å². The van der Waals surface area contributed by atoms with Crippen molar-refractivity contribution >= 4 is 21.8 Å². The molecular weight excluding hydrogens is 326 g/mol. The van der Waals surface area contributed by atoms with Crippen LogP contribution in [0.4, 0.5) is 5.69 Å². The van der Waals surface area contributed by atoms with E-state index in [4.69, 9.17) is 0 Å². The van der Waals surface area contributed by atoms with Gasteiger partial charge in [-0.1, -0.05) is 48.0 Å². The number of benzene rings is 2. The average molecular weight is 346 g/mol. The third kappa shape index (κ3) is 6.80.